The van der Waals surface area contributed by atoms with Gasteiger partial charge in [-0.3, -0.25) is 4.79 Å². The van der Waals surface area contributed by atoms with E-state index in [1.165, 1.54) is 16.3 Å². The summed E-state index contributed by atoms with van der Waals surface area (Å²) < 4.78 is 5.11. The maximum atomic E-state index is 10.6. The lowest BCUT2D eigenvalue weighted by molar-refractivity contribution is -0.123. The van der Waals surface area contributed by atoms with Gasteiger partial charge in [-0.1, -0.05) is 49.4 Å². The van der Waals surface area contributed by atoms with E-state index in [4.69, 9.17) is 10.5 Å². The van der Waals surface area contributed by atoms with Crippen molar-refractivity contribution in [2.24, 2.45) is 11.7 Å². The Morgan fingerprint density at radius 2 is 2.05 bits per heavy atom. The van der Waals surface area contributed by atoms with Gasteiger partial charge >= 0.3 is 0 Å². The first-order valence-corrected chi connectivity index (χ1v) is 7.76. The van der Waals surface area contributed by atoms with Gasteiger partial charge < -0.3 is 15.8 Å². The van der Waals surface area contributed by atoms with Gasteiger partial charge in [0.25, 0.3) is 0 Å². The summed E-state index contributed by atoms with van der Waals surface area (Å²) in [5.41, 5.74) is 6.52. The molecule has 118 valence electrons. The molecule has 2 aromatic rings. The molecule has 3 rings (SSSR count). The summed E-state index contributed by atoms with van der Waals surface area (Å²) in [6.45, 7) is 4.78. The van der Waals surface area contributed by atoms with Crippen LogP contribution >= 0.6 is 0 Å². The van der Waals surface area contributed by atoms with E-state index in [9.17, 15) is 4.79 Å². The number of carbonyl (C=O) groups excluding carboxylic acids is 1. The van der Waals surface area contributed by atoms with Crippen LogP contribution in [0.15, 0.2) is 42.5 Å². The van der Waals surface area contributed by atoms with Gasteiger partial charge in [0, 0.05) is 13.1 Å². The molecule has 0 aromatic heterocycles. The summed E-state index contributed by atoms with van der Waals surface area (Å²) in [4.78, 5) is 10.6. The number of primary amides is 1. The number of benzene rings is 2. The fourth-order valence-electron chi connectivity index (χ4n) is 2.49. The van der Waals surface area contributed by atoms with Crippen LogP contribution in [0.1, 0.15) is 12.5 Å². The Kier molecular flexibility index (Phi) is 6.37. The lowest BCUT2D eigenvalue weighted by Crippen LogP contribution is -2.33. The minimum absolute atomic E-state index is 0.150. The molecule has 1 amide bonds. The number of ether oxygens (including phenoxy) is 1. The van der Waals surface area contributed by atoms with Crippen LogP contribution < -0.4 is 11.1 Å². The number of nitrogens with two attached hydrogens (primary N) is 1. The molecule has 22 heavy (non-hydrogen) atoms. The Hall–Kier alpha value is -1.91. The van der Waals surface area contributed by atoms with Crippen molar-refractivity contribution in [1.82, 2.24) is 5.32 Å². The summed E-state index contributed by atoms with van der Waals surface area (Å²) in [7, 11) is 0. The number of hydrogen-bond acceptors (Lipinski definition) is 3. The first-order valence-electron chi connectivity index (χ1n) is 7.76. The molecule has 0 aliphatic carbocycles. The maximum absolute atomic E-state index is 10.6. The number of hydrogen-bond donors (Lipinski definition) is 2. The Labute approximate surface area is 131 Å². The normalized spacial score (nSPS) is 18.1. The van der Waals surface area contributed by atoms with Crippen molar-refractivity contribution in [2.75, 3.05) is 26.3 Å². The number of fused-ring (bicyclic) bond motifs is 1. The van der Waals surface area contributed by atoms with E-state index in [1.54, 1.807) is 0 Å². The van der Waals surface area contributed by atoms with Crippen LogP contribution in [0.25, 0.3) is 10.8 Å². The average molecular weight is 300 g/mol. The van der Waals surface area contributed by atoms with Crippen molar-refractivity contribution < 1.29 is 9.53 Å². The number of rotatable bonds is 2. The fraction of sp³-hybridized carbons (Fsp3) is 0.389. The molecule has 0 spiro atoms. The summed E-state index contributed by atoms with van der Waals surface area (Å²) >= 11 is 0. The first-order chi connectivity index (χ1) is 10.7. The van der Waals surface area contributed by atoms with Crippen molar-refractivity contribution in [2.45, 2.75) is 13.3 Å². The van der Waals surface area contributed by atoms with Crippen molar-refractivity contribution in [3.8, 4) is 0 Å². The van der Waals surface area contributed by atoms with E-state index in [2.05, 4.69) is 54.7 Å². The molecule has 0 radical (unpaired) electrons. The third-order valence-corrected chi connectivity index (χ3v) is 3.80. The second kappa shape index (κ2) is 8.51. The Morgan fingerprint density at radius 3 is 2.82 bits per heavy atom. The van der Waals surface area contributed by atoms with Gasteiger partial charge in [-0.15, -0.1) is 0 Å². The van der Waals surface area contributed by atoms with E-state index in [0.717, 1.165) is 13.0 Å². The number of aryl methyl sites for hydroxylation is 1. The number of nitrogens with one attached hydrogen (secondary N) is 1. The molecular weight excluding hydrogens is 276 g/mol. The molecule has 2 aromatic carbocycles. The Bertz CT molecular complexity index is 600. The number of carbonyl (C=O) groups is 1. The van der Waals surface area contributed by atoms with E-state index in [1.807, 2.05) is 0 Å². The molecule has 1 aliphatic heterocycles. The van der Waals surface area contributed by atoms with Gasteiger partial charge in [-0.05, 0) is 22.8 Å². The standard InChI is InChI=1S/C12H12.C6H12N2O2/c1-2-10-7-5-8-11-6-3-4-9-12(10)11;7-6(9)5-3-8-1-2-10-4-5/h3-9H,2H2,1H3;5,8H,1-4H2,(H2,7,9). The fourth-order valence-corrected chi connectivity index (χ4v) is 2.49. The molecule has 3 N–H and O–H groups in total. The minimum atomic E-state index is -0.283. The molecule has 1 saturated heterocycles. The Balaban J connectivity index is 0.000000164. The molecule has 0 bridgehead atoms. The molecule has 1 fully saturated rings. The first kappa shape index (κ1) is 16.5. The summed E-state index contributed by atoms with van der Waals surface area (Å²) in [5.74, 6) is -0.433. The van der Waals surface area contributed by atoms with E-state index in [0.29, 0.717) is 19.8 Å². The van der Waals surface area contributed by atoms with Crippen molar-refractivity contribution in [3.63, 3.8) is 0 Å². The number of amides is 1. The van der Waals surface area contributed by atoms with Crippen LogP contribution in [-0.2, 0) is 16.0 Å². The van der Waals surface area contributed by atoms with Crippen molar-refractivity contribution in [1.29, 1.82) is 0 Å². The molecule has 1 heterocycles. The third-order valence-electron chi connectivity index (χ3n) is 3.80. The Morgan fingerprint density at radius 1 is 1.27 bits per heavy atom. The molecule has 1 unspecified atom stereocenters. The molecule has 4 heteroatoms. The SMILES string of the molecule is CCc1cccc2ccccc12.NC(=O)C1CNCCOC1. The second-order valence-corrected chi connectivity index (χ2v) is 5.37. The quantitative estimate of drug-likeness (QED) is 0.893. The molecule has 1 atom stereocenters. The molecule has 0 saturated carbocycles. The zero-order valence-corrected chi connectivity index (χ0v) is 13.0. The van der Waals surface area contributed by atoms with Gasteiger partial charge in [0.05, 0.1) is 19.1 Å². The van der Waals surface area contributed by atoms with E-state index >= 15 is 0 Å². The van der Waals surface area contributed by atoms with Crippen LogP contribution in [-0.4, -0.2) is 32.2 Å². The van der Waals surface area contributed by atoms with Crippen LogP contribution in [0.4, 0.5) is 0 Å². The predicted molar refractivity (Wildman–Crippen MR) is 89.7 cm³/mol. The van der Waals surface area contributed by atoms with Crippen molar-refractivity contribution >= 4 is 16.7 Å². The highest BCUT2D eigenvalue weighted by atomic mass is 16.5. The summed E-state index contributed by atoms with van der Waals surface area (Å²) in [6, 6.07) is 15.0. The van der Waals surface area contributed by atoms with Crippen LogP contribution in [0.3, 0.4) is 0 Å². The summed E-state index contributed by atoms with van der Waals surface area (Å²) in [6.07, 6.45) is 1.11. The van der Waals surface area contributed by atoms with Crippen LogP contribution in [0.2, 0.25) is 0 Å². The average Bonchev–Trinajstić information content (AvgIpc) is 2.84. The molecule has 4 nitrogen and oxygen atoms in total. The summed E-state index contributed by atoms with van der Waals surface area (Å²) in [5, 5.41) is 5.79. The second-order valence-electron chi connectivity index (χ2n) is 5.37. The minimum Gasteiger partial charge on any atom is -0.379 e. The van der Waals surface area contributed by atoms with Gasteiger partial charge in [-0.25, -0.2) is 0 Å². The van der Waals surface area contributed by atoms with Crippen molar-refractivity contribution in [3.05, 3.63) is 48.0 Å². The van der Waals surface area contributed by atoms with Crippen LogP contribution in [0.5, 0.6) is 0 Å². The predicted octanol–water partition coefficient (Wildman–Crippen LogP) is 2.11. The lowest BCUT2D eigenvalue weighted by atomic mass is 10.0. The van der Waals surface area contributed by atoms with Crippen LogP contribution in [0, 0.1) is 5.92 Å². The lowest BCUT2D eigenvalue weighted by Gasteiger charge is -2.07. The van der Waals surface area contributed by atoms with E-state index < -0.39 is 0 Å². The van der Waals surface area contributed by atoms with Gasteiger partial charge in [0.15, 0.2) is 0 Å². The zero-order chi connectivity index (χ0) is 15.8. The highest BCUT2D eigenvalue weighted by Crippen LogP contribution is 2.18. The van der Waals surface area contributed by atoms with Gasteiger partial charge in [0.2, 0.25) is 5.91 Å². The largest absolute Gasteiger partial charge is 0.379 e. The molecular formula is C18H24N2O2. The van der Waals surface area contributed by atoms with Gasteiger partial charge in [0.1, 0.15) is 0 Å². The highest BCUT2D eigenvalue weighted by molar-refractivity contribution is 5.85. The smallest absolute Gasteiger partial charge is 0.224 e. The topological polar surface area (TPSA) is 64.4 Å². The maximum Gasteiger partial charge on any atom is 0.224 e. The molecule has 1 aliphatic rings. The van der Waals surface area contributed by atoms with E-state index in [-0.39, 0.29) is 11.8 Å². The van der Waals surface area contributed by atoms with Gasteiger partial charge in [-0.2, -0.15) is 0 Å². The zero-order valence-electron chi connectivity index (χ0n) is 13.0. The highest BCUT2D eigenvalue weighted by Gasteiger charge is 2.16. The third kappa shape index (κ3) is 4.55. The monoisotopic (exact) mass is 300 g/mol.